The molecule has 110 valence electrons. The molecule has 0 spiro atoms. The van der Waals surface area contributed by atoms with E-state index < -0.39 is 8.80 Å². The van der Waals surface area contributed by atoms with Crippen LogP contribution in [-0.2, 0) is 18.1 Å². The van der Waals surface area contributed by atoms with Crippen LogP contribution >= 0.6 is 0 Å². The molecule has 0 radical (unpaired) electrons. The van der Waals surface area contributed by atoms with E-state index in [0.29, 0.717) is 19.8 Å². The molecule has 0 saturated heterocycles. The summed E-state index contributed by atoms with van der Waals surface area (Å²) in [7, 11) is -3.28. The van der Waals surface area contributed by atoms with Gasteiger partial charge in [0, 0.05) is 19.8 Å². The first kappa shape index (κ1) is 16.8. The molecule has 0 aliphatic carbocycles. The van der Waals surface area contributed by atoms with Gasteiger partial charge in [-0.3, -0.25) is 4.79 Å². The summed E-state index contributed by atoms with van der Waals surface area (Å²) < 4.78 is 16.7. The topological polar surface area (TPSA) is 44.8 Å². The zero-order valence-electron chi connectivity index (χ0n) is 12.3. The van der Waals surface area contributed by atoms with Gasteiger partial charge in [0.15, 0.2) is 0 Å². The molecule has 1 rings (SSSR count). The van der Waals surface area contributed by atoms with Crippen molar-refractivity contribution in [2.75, 3.05) is 19.8 Å². The first-order valence-corrected chi connectivity index (χ1v) is 8.60. The molecule has 0 saturated carbocycles. The molecule has 0 N–H and O–H groups in total. The highest BCUT2D eigenvalue weighted by Crippen LogP contribution is 2.13. The Bertz CT molecular complexity index is 414. The Kier molecular flexibility index (Phi) is 7.39. The summed E-state index contributed by atoms with van der Waals surface area (Å²) in [5.74, 6) is 0. The lowest BCUT2D eigenvalue weighted by molar-refractivity contribution is -0.115. The highest BCUT2D eigenvalue weighted by molar-refractivity contribution is 6.94. The number of rotatable bonds is 9. The van der Waals surface area contributed by atoms with Crippen LogP contribution in [-0.4, -0.2) is 34.0 Å². The third kappa shape index (κ3) is 4.68. The Balaban J connectivity index is 2.89. The molecule has 0 bridgehead atoms. The van der Waals surface area contributed by atoms with Crippen LogP contribution in [0.15, 0.2) is 36.4 Å². The summed E-state index contributed by atoms with van der Waals surface area (Å²) in [6.45, 7) is 6.64. The Morgan fingerprint density at radius 2 is 1.50 bits per heavy atom. The molecule has 4 nitrogen and oxygen atoms in total. The Morgan fingerprint density at radius 3 is 1.95 bits per heavy atom. The molecule has 0 aliphatic heterocycles. The maximum atomic E-state index is 12.4. The van der Waals surface area contributed by atoms with Gasteiger partial charge < -0.3 is 13.3 Å². The second-order valence-corrected chi connectivity index (χ2v) is 6.43. The van der Waals surface area contributed by atoms with Crippen LogP contribution in [0.5, 0.6) is 0 Å². The predicted octanol–water partition coefficient (Wildman–Crippen LogP) is 2.86. The number of benzene rings is 1. The highest BCUT2D eigenvalue weighted by atomic mass is 28.4. The summed E-state index contributed by atoms with van der Waals surface area (Å²) in [5, 5.41) is -0.216. The van der Waals surface area contributed by atoms with Crippen LogP contribution in [0.25, 0.3) is 6.08 Å². The molecule has 0 amide bonds. The monoisotopic (exact) mass is 294 g/mol. The number of carbonyl (C=O) groups excluding carboxylic acids is 1. The minimum Gasteiger partial charge on any atom is -0.368 e. The molecular formula is C15H22O4Si. The Morgan fingerprint density at radius 1 is 1.00 bits per heavy atom. The summed E-state index contributed by atoms with van der Waals surface area (Å²) in [6, 6.07) is 9.62. The van der Waals surface area contributed by atoms with E-state index in [-0.39, 0.29) is 5.41 Å². The van der Waals surface area contributed by atoms with Crippen molar-refractivity contribution in [3.05, 3.63) is 42.0 Å². The molecule has 0 heterocycles. The minimum atomic E-state index is -3.28. The molecule has 5 heteroatoms. The fraction of sp³-hybridized carbons (Fsp3) is 0.400. The average Bonchev–Trinajstić information content (AvgIpc) is 2.46. The number of carbonyl (C=O) groups is 1. The lowest BCUT2D eigenvalue weighted by Crippen LogP contribution is -2.53. The second-order valence-electron chi connectivity index (χ2n) is 3.96. The molecule has 0 fully saturated rings. The SMILES string of the molecule is CCO[Si](OCC)(OCC)C(=O)C=Cc1ccccc1. The van der Waals surface area contributed by atoms with Crippen LogP contribution in [0.3, 0.4) is 0 Å². The van der Waals surface area contributed by atoms with Gasteiger partial charge in [0.1, 0.15) is 0 Å². The van der Waals surface area contributed by atoms with Gasteiger partial charge in [-0.25, -0.2) is 0 Å². The van der Waals surface area contributed by atoms with Crippen LogP contribution in [0, 0.1) is 0 Å². The molecule has 0 atom stereocenters. The standard InChI is InChI=1S/C15H22O4Si/c1-4-17-20(18-5-2,19-6-3)15(16)13-12-14-10-8-7-9-11-14/h7-13H,4-6H2,1-3H3. The fourth-order valence-electron chi connectivity index (χ4n) is 1.75. The molecule has 1 aromatic carbocycles. The maximum Gasteiger partial charge on any atom is 0.579 e. The number of hydrogen-bond acceptors (Lipinski definition) is 4. The van der Waals surface area contributed by atoms with Crippen LogP contribution in [0.1, 0.15) is 26.3 Å². The maximum absolute atomic E-state index is 12.4. The lowest BCUT2D eigenvalue weighted by Gasteiger charge is -2.25. The molecule has 0 aromatic heterocycles. The first-order chi connectivity index (χ1) is 9.68. The van der Waals surface area contributed by atoms with Crippen molar-refractivity contribution in [2.24, 2.45) is 0 Å². The van der Waals surface area contributed by atoms with Crippen LogP contribution < -0.4 is 0 Å². The molecule has 0 aliphatic rings. The summed E-state index contributed by atoms with van der Waals surface area (Å²) >= 11 is 0. The van der Waals surface area contributed by atoms with E-state index in [1.165, 1.54) is 6.08 Å². The first-order valence-electron chi connectivity index (χ1n) is 6.88. The predicted molar refractivity (Wildman–Crippen MR) is 81.1 cm³/mol. The van der Waals surface area contributed by atoms with Gasteiger partial charge in [0.25, 0.3) is 0 Å². The van der Waals surface area contributed by atoms with Crippen molar-refractivity contribution in [2.45, 2.75) is 20.8 Å². The molecule has 20 heavy (non-hydrogen) atoms. The Hall–Kier alpha value is -1.27. The molecule has 1 aromatic rings. The van der Waals surface area contributed by atoms with E-state index in [1.54, 1.807) is 6.08 Å². The second kappa shape index (κ2) is 8.81. The van der Waals surface area contributed by atoms with E-state index in [9.17, 15) is 4.79 Å². The lowest BCUT2D eigenvalue weighted by atomic mass is 10.2. The van der Waals surface area contributed by atoms with Gasteiger partial charge in [-0.15, -0.1) is 0 Å². The minimum absolute atomic E-state index is 0.216. The normalized spacial score (nSPS) is 11.9. The third-order valence-corrected chi connectivity index (χ3v) is 5.31. The van der Waals surface area contributed by atoms with Crippen molar-refractivity contribution in [3.8, 4) is 0 Å². The van der Waals surface area contributed by atoms with Crippen molar-refractivity contribution in [1.82, 2.24) is 0 Å². The fourth-order valence-corrected chi connectivity index (χ4v) is 3.85. The van der Waals surface area contributed by atoms with E-state index in [4.69, 9.17) is 13.3 Å². The quantitative estimate of drug-likeness (QED) is 0.519. The summed E-state index contributed by atoms with van der Waals surface area (Å²) in [4.78, 5) is 12.4. The smallest absolute Gasteiger partial charge is 0.368 e. The summed E-state index contributed by atoms with van der Waals surface area (Å²) in [6.07, 6.45) is 3.24. The molecular weight excluding hydrogens is 272 g/mol. The van der Waals surface area contributed by atoms with Crippen molar-refractivity contribution < 1.29 is 18.1 Å². The van der Waals surface area contributed by atoms with Gasteiger partial charge in [-0.05, 0) is 32.4 Å². The highest BCUT2D eigenvalue weighted by Gasteiger charge is 2.48. The van der Waals surface area contributed by atoms with Crippen molar-refractivity contribution in [1.29, 1.82) is 0 Å². The zero-order valence-corrected chi connectivity index (χ0v) is 13.3. The zero-order chi connectivity index (χ0) is 14.8. The third-order valence-electron chi connectivity index (χ3n) is 2.53. The van der Waals surface area contributed by atoms with E-state index >= 15 is 0 Å². The summed E-state index contributed by atoms with van der Waals surface area (Å²) in [5.41, 5.74) is 0.952. The van der Waals surface area contributed by atoms with Crippen LogP contribution in [0.4, 0.5) is 0 Å². The molecule has 0 unspecified atom stereocenters. The van der Waals surface area contributed by atoms with E-state index in [1.807, 2.05) is 51.1 Å². The van der Waals surface area contributed by atoms with Gasteiger partial charge in [-0.1, -0.05) is 36.4 Å². The Labute approximate surface area is 121 Å². The van der Waals surface area contributed by atoms with Crippen molar-refractivity contribution >= 4 is 20.3 Å². The average molecular weight is 294 g/mol. The van der Waals surface area contributed by atoms with Crippen LogP contribution in [0.2, 0.25) is 0 Å². The van der Waals surface area contributed by atoms with Gasteiger partial charge in [0.05, 0.1) is 0 Å². The van der Waals surface area contributed by atoms with E-state index in [2.05, 4.69) is 0 Å². The van der Waals surface area contributed by atoms with Crippen molar-refractivity contribution in [3.63, 3.8) is 0 Å². The van der Waals surface area contributed by atoms with Gasteiger partial charge in [0.2, 0.25) is 5.41 Å². The van der Waals surface area contributed by atoms with Gasteiger partial charge in [-0.2, -0.15) is 0 Å². The van der Waals surface area contributed by atoms with E-state index in [0.717, 1.165) is 5.56 Å². The largest absolute Gasteiger partial charge is 0.579 e. The van der Waals surface area contributed by atoms with Gasteiger partial charge >= 0.3 is 8.80 Å². The number of allylic oxidation sites excluding steroid dienone is 1. The number of hydrogen-bond donors (Lipinski definition) is 0.